The summed E-state index contributed by atoms with van der Waals surface area (Å²) in [4.78, 5) is 4.00. The Morgan fingerprint density at radius 2 is 2.46 bits per heavy atom. The molecule has 2 rings (SSSR count). The molecular formula is C10H12ClNO. The van der Waals surface area contributed by atoms with Gasteiger partial charge < -0.3 is 5.11 Å². The predicted octanol–water partition coefficient (Wildman–Crippen LogP) is 2.28. The fraction of sp³-hybridized carbons (Fsp3) is 0.500. The largest absolute Gasteiger partial charge is 0.385 e. The molecule has 1 atom stereocenters. The standard InChI is InChI=1S/C10H12ClNO/c1-2-10(13)5-3-7-8(10)4-6-12-9(7)11/h4,6,13H,2-3,5H2,1H3. The van der Waals surface area contributed by atoms with Crippen LogP contribution >= 0.6 is 11.6 Å². The number of fused-ring (bicyclic) bond motifs is 1. The summed E-state index contributed by atoms with van der Waals surface area (Å²) in [6.45, 7) is 1.99. The van der Waals surface area contributed by atoms with E-state index in [4.69, 9.17) is 11.6 Å². The summed E-state index contributed by atoms with van der Waals surface area (Å²) in [6.07, 6.45) is 4.00. The van der Waals surface area contributed by atoms with Gasteiger partial charge in [0.25, 0.3) is 0 Å². The molecule has 0 aliphatic heterocycles. The van der Waals surface area contributed by atoms with Gasteiger partial charge in [-0.05, 0) is 36.5 Å². The lowest BCUT2D eigenvalue weighted by Gasteiger charge is -2.21. The smallest absolute Gasteiger partial charge is 0.132 e. The van der Waals surface area contributed by atoms with Crippen molar-refractivity contribution in [2.75, 3.05) is 0 Å². The molecule has 1 aliphatic carbocycles. The van der Waals surface area contributed by atoms with Crippen molar-refractivity contribution >= 4 is 11.6 Å². The lowest BCUT2D eigenvalue weighted by molar-refractivity contribution is 0.0345. The summed E-state index contributed by atoms with van der Waals surface area (Å²) in [5.74, 6) is 0. The van der Waals surface area contributed by atoms with Crippen LogP contribution in [0.3, 0.4) is 0 Å². The zero-order valence-electron chi connectivity index (χ0n) is 7.55. The van der Waals surface area contributed by atoms with Crippen molar-refractivity contribution in [1.29, 1.82) is 0 Å². The second-order valence-electron chi connectivity index (χ2n) is 3.51. The molecule has 13 heavy (non-hydrogen) atoms. The van der Waals surface area contributed by atoms with Crippen LogP contribution in [-0.4, -0.2) is 10.1 Å². The van der Waals surface area contributed by atoms with Crippen LogP contribution in [0, 0.1) is 0 Å². The van der Waals surface area contributed by atoms with Crippen molar-refractivity contribution in [2.24, 2.45) is 0 Å². The molecule has 0 aromatic carbocycles. The van der Waals surface area contributed by atoms with E-state index in [0.29, 0.717) is 5.15 Å². The summed E-state index contributed by atoms with van der Waals surface area (Å²) in [5, 5.41) is 10.7. The normalized spacial score (nSPS) is 26.1. The monoisotopic (exact) mass is 197 g/mol. The number of halogens is 1. The molecule has 0 fully saturated rings. The predicted molar refractivity (Wildman–Crippen MR) is 51.8 cm³/mol. The number of aromatic nitrogens is 1. The molecule has 2 nitrogen and oxygen atoms in total. The highest BCUT2D eigenvalue weighted by Crippen LogP contribution is 2.40. The number of nitrogens with zero attached hydrogens (tertiary/aromatic N) is 1. The van der Waals surface area contributed by atoms with Crippen LogP contribution in [0.15, 0.2) is 12.3 Å². The maximum atomic E-state index is 10.2. The summed E-state index contributed by atoms with van der Waals surface area (Å²) in [7, 11) is 0. The summed E-state index contributed by atoms with van der Waals surface area (Å²) >= 11 is 5.93. The van der Waals surface area contributed by atoms with E-state index in [1.807, 2.05) is 13.0 Å². The molecular weight excluding hydrogens is 186 g/mol. The van der Waals surface area contributed by atoms with Gasteiger partial charge in [0, 0.05) is 6.20 Å². The second kappa shape index (κ2) is 2.96. The van der Waals surface area contributed by atoms with E-state index in [2.05, 4.69) is 4.98 Å². The minimum absolute atomic E-state index is 0.543. The van der Waals surface area contributed by atoms with E-state index in [0.717, 1.165) is 30.4 Å². The summed E-state index contributed by atoms with van der Waals surface area (Å²) in [6, 6.07) is 1.87. The number of hydrogen-bond acceptors (Lipinski definition) is 2. The highest BCUT2D eigenvalue weighted by Gasteiger charge is 2.36. The van der Waals surface area contributed by atoms with Crippen molar-refractivity contribution < 1.29 is 5.11 Å². The van der Waals surface area contributed by atoms with Crippen LogP contribution in [0.25, 0.3) is 0 Å². The van der Waals surface area contributed by atoms with Crippen LogP contribution < -0.4 is 0 Å². The molecule has 0 saturated carbocycles. The average molecular weight is 198 g/mol. The van der Waals surface area contributed by atoms with Gasteiger partial charge in [0.2, 0.25) is 0 Å². The van der Waals surface area contributed by atoms with Crippen LogP contribution in [0.4, 0.5) is 0 Å². The quantitative estimate of drug-likeness (QED) is 0.701. The molecule has 0 bridgehead atoms. The van der Waals surface area contributed by atoms with Crippen LogP contribution in [0.2, 0.25) is 5.15 Å². The molecule has 1 aromatic heterocycles. The molecule has 0 radical (unpaired) electrons. The van der Waals surface area contributed by atoms with E-state index in [-0.39, 0.29) is 0 Å². The van der Waals surface area contributed by atoms with Crippen LogP contribution in [0.1, 0.15) is 30.9 Å². The van der Waals surface area contributed by atoms with Gasteiger partial charge >= 0.3 is 0 Å². The first-order chi connectivity index (χ1) is 6.17. The fourth-order valence-electron chi connectivity index (χ4n) is 1.97. The van der Waals surface area contributed by atoms with Crippen molar-refractivity contribution in [3.05, 3.63) is 28.5 Å². The average Bonchev–Trinajstić information content (AvgIpc) is 2.47. The number of pyridine rings is 1. The third-order valence-electron chi connectivity index (χ3n) is 2.88. The van der Waals surface area contributed by atoms with Gasteiger partial charge in [-0.2, -0.15) is 0 Å². The van der Waals surface area contributed by atoms with Crippen LogP contribution in [-0.2, 0) is 12.0 Å². The summed E-state index contributed by atoms with van der Waals surface area (Å²) < 4.78 is 0. The maximum Gasteiger partial charge on any atom is 0.132 e. The molecule has 1 unspecified atom stereocenters. The molecule has 0 saturated heterocycles. The van der Waals surface area contributed by atoms with Gasteiger partial charge in [0.1, 0.15) is 5.15 Å². The van der Waals surface area contributed by atoms with E-state index in [1.165, 1.54) is 0 Å². The maximum absolute atomic E-state index is 10.2. The van der Waals surface area contributed by atoms with Crippen molar-refractivity contribution in [3.63, 3.8) is 0 Å². The Kier molecular flexibility index (Phi) is 2.05. The molecule has 1 aliphatic rings. The lowest BCUT2D eigenvalue weighted by atomic mass is 9.94. The SMILES string of the molecule is CCC1(O)CCc2c1ccnc2Cl. The lowest BCUT2D eigenvalue weighted by Crippen LogP contribution is -2.20. The minimum Gasteiger partial charge on any atom is -0.385 e. The van der Waals surface area contributed by atoms with Gasteiger partial charge in [0.15, 0.2) is 0 Å². The Labute approximate surface area is 82.6 Å². The molecule has 1 aromatic rings. The first-order valence-corrected chi connectivity index (χ1v) is 4.91. The zero-order valence-corrected chi connectivity index (χ0v) is 8.30. The van der Waals surface area contributed by atoms with Crippen molar-refractivity contribution in [1.82, 2.24) is 4.98 Å². The highest BCUT2D eigenvalue weighted by molar-refractivity contribution is 6.30. The fourth-order valence-corrected chi connectivity index (χ4v) is 2.23. The molecule has 1 heterocycles. The first kappa shape index (κ1) is 8.97. The third-order valence-corrected chi connectivity index (χ3v) is 3.20. The molecule has 3 heteroatoms. The Hall–Kier alpha value is -0.600. The number of aliphatic hydroxyl groups is 1. The van der Waals surface area contributed by atoms with Gasteiger partial charge in [0.05, 0.1) is 5.60 Å². The molecule has 0 spiro atoms. The third kappa shape index (κ3) is 1.25. The van der Waals surface area contributed by atoms with E-state index < -0.39 is 5.60 Å². The molecule has 0 amide bonds. The Morgan fingerprint density at radius 1 is 1.69 bits per heavy atom. The molecule has 1 N–H and O–H groups in total. The first-order valence-electron chi connectivity index (χ1n) is 4.53. The second-order valence-corrected chi connectivity index (χ2v) is 3.87. The van der Waals surface area contributed by atoms with Crippen LogP contribution in [0.5, 0.6) is 0 Å². The van der Waals surface area contributed by atoms with Gasteiger partial charge in [-0.3, -0.25) is 0 Å². The Balaban J connectivity index is 2.55. The van der Waals surface area contributed by atoms with Gasteiger partial charge in [-0.15, -0.1) is 0 Å². The number of rotatable bonds is 1. The molecule has 70 valence electrons. The van der Waals surface area contributed by atoms with E-state index in [1.54, 1.807) is 6.20 Å². The Morgan fingerprint density at radius 3 is 3.15 bits per heavy atom. The summed E-state index contributed by atoms with van der Waals surface area (Å²) in [5.41, 5.74) is 1.32. The Bertz CT molecular complexity index is 340. The van der Waals surface area contributed by atoms with E-state index in [9.17, 15) is 5.11 Å². The van der Waals surface area contributed by atoms with Crippen molar-refractivity contribution in [2.45, 2.75) is 31.8 Å². The van der Waals surface area contributed by atoms with Gasteiger partial charge in [-0.25, -0.2) is 4.98 Å². The highest BCUT2D eigenvalue weighted by atomic mass is 35.5. The number of hydrogen-bond donors (Lipinski definition) is 1. The minimum atomic E-state index is -0.665. The van der Waals surface area contributed by atoms with Gasteiger partial charge in [-0.1, -0.05) is 18.5 Å². The van der Waals surface area contributed by atoms with E-state index >= 15 is 0 Å². The topological polar surface area (TPSA) is 33.1 Å². The zero-order chi connectivity index (χ0) is 9.47. The van der Waals surface area contributed by atoms with Crippen molar-refractivity contribution in [3.8, 4) is 0 Å².